The van der Waals surface area contributed by atoms with Gasteiger partial charge in [0.05, 0.1) is 0 Å². The van der Waals surface area contributed by atoms with Crippen molar-refractivity contribution >= 4 is 5.91 Å². The van der Waals surface area contributed by atoms with Gasteiger partial charge in [0.15, 0.2) is 0 Å². The van der Waals surface area contributed by atoms with Crippen molar-refractivity contribution in [3.63, 3.8) is 0 Å². The molecule has 0 aromatic rings. The maximum atomic E-state index is 11.4. The normalized spacial score (nSPS) is 51.1. The van der Waals surface area contributed by atoms with E-state index in [4.69, 9.17) is 11.5 Å². The monoisotopic (exact) mass is 222 g/mol. The first-order chi connectivity index (χ1) is 7.63. The molecule has 0 radical (unpaired) electrons. The molecule has 1 spiro atoms. The predicted octanol–water partition coefficient (Wildman–Crippen LogP) is 1.41. The summed E-state index contributed by atoms with van der Waals surface area (Å²) < 4.78 is 0. The highest BCUT2D eigenvalue weighted by atomic mass is 16.1. The van der Waals surface area contributed by atoms with Crippen LogP contribution in [0.4, 0.5) is 0 Å². The fourth-order valence-corrected chi connectivity index (χ4v) is 4.86. The Bertz CT molecular complexity index is 313. The van der Waals surface area contributed by atoms with Crippen molar-refractivity contribution in [1.29, 1.82) is 0 Å². The lowest BCUT2D eigenvalue weighted by atomic mass is 9.59. The Labute approximate surface area is 96.9 Å². The van der Waals surface area contributed by atoms with Gasteiger partial charge in [0.25, 0.3) is 0 Å². The molecule has 3 fully saturated rings. The average Bonchev–Trinajstić information content (AvgIpc) is 2.84. The quantitative estimate of drug-likeness (QED) is 0.704. The molecule has 3 aliphatic carbocycles. The minimum absolute atomic E-state index is 0.0964. The van der Waals surface area contributed by atoms with Gasteiger partial charge in [0.2, 0.25) is 5.91 Å². The van der Waals surface area contributed by atoms with Crippen molar-refractivity contribution in [2.24, 2.45) is 34.6 Å². The molecule has 0 aromatic heterocycles. The van der Waals surface area contributed by atoms with Crippen LogP contribution in [0.15, 0.2) is 0 Å². The molecular weight excluding hydrogens is 200 g/mol. The van der Waals surface area contributed by atoms with E-state index in [0.717, 1.165) is 31.1 Å². The fourth-order valence-electron chi connectivity index (χ4n) is 4.86. The summed E-state index contributed by atoms with van der Waals surface area (Å²) in [6.45, 7) is 0. The second-order valence-corrected chi connectivity index (χ2v) is 6.22. The Morgan fingerprint density at radius 3 is 2.69 bits per heavy atom. The zero-order valence-corrected chi connectivity index (χ0v) is 9.82. The third-order valence-electron chi connectivity index (χ3n) is 5.68. The highest BCUT2D eigenvalue weighted by Gasteiger charge is 2.57. The van der Waals surface area contributed by atoms with Crippen molar-refractivity contribution < 1.29 is 4.79 Å². The van der Waals surface area contributed by atoms with Gasteiger partial charge < -0.3 is 11.5 Å². The van der Waals surface area contributed by atoms with Crippen LogP contribution in [0.25, 0.3) is 0 Å². The minimum Gasteiger partial charge on any atom is -0.369 e. The molecule has 3 heteroatoms. The van der Waals surface area contributed by atoms with E-state index in [1.54, 1.807) is 0 Å². The van der Waals surface area contributed by atoms with Gasteiger partial charge in [-0.2, -0.15) is 0 Å². The second kappa shape index (κ2) is 3.46. The molecular formula is C13H22N2O. The van der Waals surface area contributed by atoms with E-state index in [-0.39, 0.29) is 17.2 Å². The number of carbonyl (C=O) groups excluding carboxylic acids is 1. The molecule has 0 aliphatic heterocycles. The maximum absolute atomic E-state index is 11.4. The first-order valence-electron chi connectivity index (χ1n) is 6.68. The van der Waals surface area contributed by atoms with E-state index in [9.17, 15) is 4.79 Å². The number of hydrogen-bond acceptors (Lipinski definition) is 2. The molecule has 2 bridgehead atoms. The van der Waals surface area contributed by atoms with E-state index in [1.165, 1.54) is 25.7 Å². The zero-order chi connectivity index (χ0) is 11.3. The Balaban J connectivity index is 1.85. The Morgan fingerprint density at radius 2 is 2.06 bits per heavy atom. The summed E-state index contributed by atoms with van der Waals surface area (Å²) in [4.78, 5) is 11.4. The summed E-state index contributed by atoms with van der Waals surface area (Å²) in [5.41, 5.74) is 12.2. The van der Waals surface area contributed by atoms with Crippen LogP contribution in [-0.4, -0.2) is 11.9 Å². The molecule has 4 unspecified atom stereocenters. The van der Waals surface area contributed by atoms with Crippen molar-refractivity contribution in [1.82, 2.24) is 0 Å². The SMILES string of the molecule is NC(=O)C1CCC[C@@]2(C1)C1CCC(C1)C2N. The molecule has 0 saturated heterocycles. The maximum Gasteiger partial charge on any atom is 0.220 e. The molecule has 90 valence electrons. The van der Waals surface area contributed by atoms with Crippen molar-refractivity contribution in [2.45, 2.75) is 51.0 Å². The van der Waals surface area contributed by atoms with Crippen LogP contribution in [0.5, 0.6) is 0 Å². The molecule has 3 nitrogen and oxygen atoms in total. The standard InChI is InChI=1S/C13H22N2O/c14-11-8-3-4-10(6-8)13(11)5-1-2-9(7-13)12(15)16/h8-11H,1-7,14H2,(H2,15,16)/t8?,9?,10?,11?,13-/m1/s1. The molecule has 0 aromatic carbocycles. The zero-order valence-electron chi connectivity index (χ0n) is 9.82. The van der Waals surface area contributed by atoms with Crippen LogP contribution in [0.3, 0.4) is 0 Å². The van der Waals surface area contributed by atoms with Crippen LogP contribution >= 0.6 is 0 Å². The van der Waals surface area contributed by atoms with E-state index in [1.807, 2.05) is 0 Å². The number of nitrogens with two attached hydrogens (primary N) is 2. The summed E-state index contributed by atoms with van der Waals surface area (Å²) in [7, 11) is 0. The summed E-state index contributed by atoms with van der Waals surface area (Å²) in [5.74, 6) is 1.51. The number of amides is 1. The first-order valence-corrected chi connectivity index (χ1v) is 6.68. The van der Waals surface area contributed by atoms with Crippen LogP contribution in [0, 0.1) is 23.2 Å². The number of hydrogen-bond donors (Lipinski definition) is 2. The van der Waals surface area contributed by atoms with Crippen LogP contribution in [0.1, 0.15) is 44.9 Å². The topological polar surface area (TPSA) is 69.1 Å². The Morgan fingerprint density at radius 1 is 1.25 bits per heavy atom. The van der Waals surface area contributed by atoms with Gasteiger partial charge in [0.1, 0.15) is 0 Å². The first kappa shape index (κ1) is 10.6. The number of fused-ring (bicyclic) bond motifs is 3. The second-order valence-electron chi connectivity index (χ2n) is 6.22. The Hall–Kier alpha value is -0.570. The molecule has 1 amide bonds. The number of carbonyl (C=O) groups is 1. The predicted molar refractivity (Wildman–Crippen MR) is 62.4 cm³/mol. The van der Waals surface area contributed by atoms with E-state index >= 15 is 0 Å². The molecule has 3 saturated carbocycles. The van der Waals surface area contributed by atoms with E-state index in [0.29, 0.717) is 6.04 Å². The van der Waals surface area contributed by atoms with E-state index < -0.39 is 0 Å². The van der Waals surface area contributed by atoms with Crippen molar-refractivity contribution in [2.75, 3.05) is 0 Å². The van der Waals surface area contributed by atoms with Gasteiger partial charge in [-0.3, -0.25) is 4.79 Å². The molecule has 3 rings (SSSR count). The van der Waals surface area contributed by atoms with Gasteiger partial charge in [-0.05, 0) is 55.8 Å². The minimum atomic E-state index is -0.103. The number of primary amides is 1. The van der Waals surface area contributed by atoms with Gasteiger partial charge in [-0.1, -0.05) is 6.42 Å². The lowest BCUT2D eigenvalue weighted by Crippen LogP contribution is -2.50. The Kier molecular flexibility index (Phi) is 2.29. The molecule has 0 heterocycles. The smallest absolute Gasteiger partial charge is 0.220 e. The van der Waals surface area contributed by atoms with Gasteiger partial charge in [-0.25, -0.2) is 0 Å². The highest BCUT2D eigenvalue weighted by molar-refractivity contribution is 5.76. The fraction of sp³-hybridized carbons (Fsp3) is 0.923. The largest absolute Gasteiger partial charge is 0.369 e. The summed E-state index contributed by atoms with van der Waals surface area (Å²) >= 11 is 0. The molecule has 16 heavy (non-hydrogen) atoms. The summed E-state index contributed by atoms with van der Waals surface area (Å²) in [6, 6.07) is 0.341. The number of rotatable bonds is 1. The van der Waals surface area contributed by atoms with Crippen LogP contribution < -0.4 is 11.5 Å². The van der Waals surface area contributed by atoms with Gasteiger partial charge in [0, 0.05) is 12.0 Å². The summed E-state index contributed by atoms with van der Waals surface area (Å²) in [6.07, 6.45) is 8.31. The van der Waals surface area contributed by atoms with Crippen LogP contribution in [0.2, 0.25) is 0 Å². The molecule has 4 N–H and O–H groups in total. The van der Waals surface area contributed by atoms with E-state index in [2.05, 4.69) is 0 Å². The third kappa shape index (κ3) is 1.27. The average molecular weight is 222 g/mol. The highest BCUT2D eigenvalue weighted by Crippen LogP contribution is 2.61. The van der Waals surface area contributed by atoms with Crippen molar-refractivity contribution in [3.05, 3.63) is 0 Å². The molecule has 5 atom stereocenters. The molecule has 3 aliphatic rings. The van der Waals surface area contributed by atoms with Gasteiger partial charge in [-0.15, -0.1) is 0 Å². The van der Waals surface area contributed by atoms with Crippen molar-refractivity contribution in [3.8, 4) is 0 Å². The summed E-state index contributed by atoms with van der Waals surface area (Å²) in [5, 5.41) is 0. The third-order valence-corrected chi connectivity index (χ3v) is 5.68. The lowest BCUT2D eigenvalue weighted by molar-refractivity contribution is -0.125. The lowest BCUT2D eigenvalue weighted by Gasteiger charge is -2.47. The van der Waals surface area contributed by atoms with Crippen LogP contribution in [-0.2, 0) is 4.79 Å². The van der Waals surface area contributed by atoms with Gasteiger partial charge >= 0.3 is 0 Å².